The number of hydrogen-bond acceptors (Lipinski definition) is 4. The van der Waals surface area contributed by atoms with Crippen molar-refractivity contribution in [3.05, 3.63) is 32.3 Å². The number of ether oxygens (including phenoxy) is 1. The van der Waals surface area contributed by atoms with Crippen LogP contribution in [0.4, 0.5) is 5.82 Å². The molecule has 1 aromatic heterocycles. The number of nitrogens with zero attached hydrogens (tertiary/aromatic N) is 3. The molecule has 0 aliphatic carbocycles. The lowest BCUT2D eigenvalue weighted by molar-refractivity contribution is 0.0828. The van der Waals surface area contributed by atoms with Crippen molar-refractivity contribution in [2.45, 2.75) is 26.4 Å². The molecule has 3 rings (SSSR count). The van der Waals surface area contributed by atoms with Crippen LogP contribution in [-0.4, -0.2) is 32.9 Å². The van der Waals surface area contributed by atoms with E-state index >= 15 is 0 Å². The van der Waals surface area contributed by atoms with Gasteiger partial charge in [-0.25, -0.2) is 4.68 Å². The molecule has 0 bridgehead atoms. The molecule has 6 nitrogen and oxygen atoms in total. The summed E-state index contributed by atoms with van der Waals surface area (Å²) in [6.45, 7) is 6.13. The van der Waals surface area contributed by atoms with E-state index < -0.39 is 5.60 Å². The number of aryl methyl sites for hydroxylation is 2. The molecule has 24 heavy (non-hydrogen) atoms. The van der Waals surface area contributed by atoms with E-state index in [2.05, 4.69) is 37.0 Å². The lowest BCUT2D eigenvalue weighted by Crippen LogP contribution is -2.50. The Balaban J connectivity index is 2.11. The van der Waals surface area contributed by atoms with Gasteiger partial charge in [-0.3, -0.25) is 9.69 Å². The minimum absolute atomic E-state index is 0.0610. The summed E-state index contributed by atoms with van der Waals surface area (Å²) >= 11 is 6.54. The van der Waals surface area contributed by atoms with Gasteiger partial charge in [0.05, 0.1) is 15.5 Å². The minimum Gasteiger partial charge on any atom is -0.506 e. The highest BCUT2D eigenvalue weighted by Crippen LogP contribution is 2.40. The van der Waals surface area contributed by atoms with Gasteiger partial charge < -0.3 is 9.84 Å². The number of hydrogen-bond donors (Lipinski definition) is 1. The number of rotatable bonds is 1. The molecule has 0 radical (unpaired) electrons. The molecule has 1 aliphatic rings. The number of amides is 1. The first-order chi connectivity index (χ1) is 11.1. The van der Waals surface area contributed by atoms with Crippen LogP contribution in [-0.2, 0) is 7.05 Å². The van der Waals surface area contributed by atoms with Gasteiger partial charge in [-0.15, -0.1) is 0 Å². The molecule has 2 aromatic rings. The molecule has 2 heterocycles. The second-order valence-corrected chi connectivity index (χ2v) is 8.11. The molecule has 1 amide bonds. The van der Waals surface area contributed by atoms with Crippen molar-refractivity contribution in [3.8, 4) is 11.5 Å². The Hall–Kier alpha value is -1.54. The third-order valence-corrected chi connectivity index (χ3v) is 5.03. The third-order valence-electron chi connectivity index (χ3n) is 3.82. The molecular formula is C16H17Br2N3O3. The molecule has 0 fully saturated rings. The van der Waals surface area contributed by atoms with Crippen molar-refractivity contribution in [2.24, 2.45) is 7.05 Å². The second-order valence-electron chi connectivity index (χ2n) is 6.40. The van der Waals surface area contributed by atoms with Crippen LogP contribution in [0.15, 0.2) is 21.1 Å². The van der Waals surface area contributed by atoms with Gasteiger partial charge in [0.15, 0.2) is 11.6 Å². The fraction of sp³-hybridized carbons (Fsp3) is 0.375. The number of anilines is 1. The first-order valence-electron chi connectivity index (χ1n) is 7.33. The highest BCUT2D eigenvalue weighted by atomic mass is 79.9. The van der Waals surface area contributed by atoms with E-state index in [-0.39, 0.29) is 11.7 Å². The monoisotopic (exact) mass is 457 g/mol. The molecule has 0 atom stereocenters. The topological polar surface area (TPSA) is 67.6 Å². The SMILES string of the molecule is Cc1nn(C)c2c1OC(C)(C)CN2C(=O)c1cc(Br)c(O)c(Br)c1. The van der Waals surface area contributed by atoms with Gasteiger partial charge >= 0.3 is 0 Å². The average molecular weight is 459 g/mol. The van der Waals surface area contributed by atoms with Crippen LogP contribution in [0.2, 0.25) is 0 Å². The predicted molar refractivity (Wildman–Crippen MR) is 97.8 cm³/mol. The van der Waals surface area contributed by atoms with Crippen molar-refractivity contribution >= 4 is 43.6 Å². The van der Waals surface area contributed by atoms with Gasteiger partial charge in [-0.05, 0) is 64.8 Å². The van der Waals surface area contributed by atoms with Crippen LogP contribution < -0.4 is 9.64 Å². The lowest BCUT2D eigenvalue weighted by Gasteiger charge is -2.38. The van der Waals surface area contributed by atoms with Crippen molar-refractivity contribution in [1.29, 1.82) is 0 Å². The van der Waals surface area contributed by atoms with Gasteiger partial charge in [-0.1, -0.05) is 0 Å². The van der Waals surface area contributed by atoms with Crippen molar-refractivity contribution in [2.75, 3.05) is 11.4 Å². The van der Waals surface area contributed by atoms with Gasteiger partial charge in [0.1, 0.15) is 17.0 Å². The van der Waals surface area contributed by atoms with Crippen LogP contribution in [0.3, 0.4) is 0 Å². The quantitative estimate of drug-likeness (QED) is 0.706. The number of carbonyl (C=O) groups excluding carboxylic acids is 1. The molecule has 8 heteroatoms. The van der Waals surface area contributed by atoms with E-state index in [1.54, 1.807) is 28.8 Å². The Bertz CT molecular complexity index is 822. The van der Waals surface area contributed by atoms with Gasteiger partial charge in [0.25, 0.3) is 5.91 Å². The molecule has 1 N–H and O–H groups in total. The smallest absolute Gasteiger partial charge is 0.259 e. The standard InChI is InChI=1S/C16H17Br2N3O3/c1-8-13-14(20(4)19-8)21(7-16(2,3)24-13)15(23)9-5-10(17)12(22)11(18)6-9/h5-6,22H,7H2,1-4H3. The molecule has 1 aromatic carbocycles. The number of phenols is 1. The van der Waals surface area contributed by atoms with E-state index in [0.717, 1.165) is 5.69 Å². The minimum atomic E-state index is -0.526. The number of fused-ring (bicyclic) bond motifs is 1. The molecule has 0 spiro atoms. The number of phenolic OH excluding ortho intramolecular Hbond substituents is 1. The largest absolute Gasteiger partial charge is 0.506 e. The molecule has 1 aliphatic heterocycles. The van der Waals surface area contributed by atoms with Crippen molar-refractivity contribution < 1.29 is 14.6 Å². The summed E-state index contributed by atoms with van der Waals surface area (Å²) in [7, 11) is 1.79. The number of halogens is 2. The fourth-order valence-corrected chi connectivity index (χ4v) is 4.01. The van der Waals surface area contributed by atoms with E-state index in [1.165, 1.54) is 0 Å². The summed E-state index contributed by atoms with van der Waals surface area (Å²) in [5.74, 6) is 1.14. The zero-order chi connectivity index (χ0) is 17.8. The Labute approximate surface area is 156 Å². The van der Waals surface area contributed by atoms with E-state index in [9.17, 15) is 9.90 Å². The number of aromatic hydroxyl groups is 1. The molecular weight excluding hydrogens is 442 g/mol. The summed E-state index contributed by atoms with van der Waals surface area (Å²) in [5.41, 5.74) is 0.669. The average Bonchev–Trinajstić information content (AvgIpc) is 2.76. The van der Waals surface area contributed by atoms with E-state index in [4.69, 9.17) is 4.74 Å². The Morgan fingerprint density at radius 2 is 1.92 bits per heavy atom. The summed E-state index contributed by atoms with van der Waals surface area (Å²) in [6.07, 6.45) is 0. The maximum absolute atomic E-state index is 13.1. The lowest BCUT2D eigenvalue weighted by atomic mass is 10.1. The van der Waals surface area contributed by atoms with Crippen molar-refractivity contribution in [1.82, 2.24) is 9.78 Å². The summed E-state index contributed by atoms with van der Waals surface area (Å²) < 4.78 is 8.58. The summed E-state index contributed by atoms with van der Waals surface area (Å²) in [6, 6.07) is 3.21. The van der Waals surface area contributed by atoms with Crippen LogP contribution >= 0.6 is 31.9 Å². The van der Waals surface area contributed by atoms with Crippen LogP contribution in [0, 0.1) is 6.92 Å². The maximum atomic E-state index is 13.1. The molecule has 128 valence electrons. The predicted octanol–water partition coefficient (Wildman–Crippen LogP) is 3.78. The van der Waals surface area contributed by atoms with Gasteiger partial charge in [0.2, 0.25) is 0 Å². The Morgan fingerprint density at radius 1 is 1.33 bits per heavy atom. The van der Waals surface area contributed by atoms with Crippen LogP contribution in [0.1, 0.15) is 29.9 Å². The van der Waals surface area contributed by atoms with Gasteiger partial charge in [-0.2, -0.15) is 5.10 Å². The first kappa shape index (κ1) is 17.3. The van der Waals surface area contributed by atoms with Crippen molar-refractivity contribution in [3.63, 3.8) is 0 Å². The highest BCUT2D eigenvalue weighted by Gasteiger charge is 2.39. The number of benzene rings is 1. The highest BCUT2D eigenvalue weighted by molar-refractivity contribution is 9.11. The fourth-order valence-electron chi connectivity index (χ4n) is 2.82. The Morgan fingerprint density at radius 3 is 2.50 bits per heavy atom. The molecule has 0 unspecified atom stereocenters. The summed E-state index contributed by atoms with van der Waals surface area (Å²) in [5, 5.41) is 14.2. The molecule has 0 saturated heterocycles. The molecule has 0 saturated carbocycles. The normalized spacial score (nSPS) is 15.8. The summed E-state index contributed by atoms with van der Waals surface area (Å²) in [4.78, 5) is 14.8. The third kappa shape index (κ3) is 2.82. The number of carbonyl (C=O) groups is 1. The number of aromatic nitrogens is 2. The zero-order valence-electron chi connectivity index (χ0n) is 13.7. The maximum Gasteiger partial charge on any atom is 0.259 e. The van der Waals surface area contributed by atoms with E-state index in [0.29, 0.717) is 32.6 Å². The first-order valence-corrected chi connectivity index (χ1v) is 8.92. The van der Waals surface area contributed by atoms with Crippen LogP contribution in [0.25, 0.3) is 0 Å². The van der Waals surface area contributed by atoms with E-state index in [1.807, 2.05) is 20.8 Å². The van der Waals surface area contributed by atoms with Crippen LogP contribution in [0.5, 0.6) is 11.5 Å². The Kier molecular flexibility index (Phi) is 4.16. The van der Waals surface area contributed by atoms with Gasteiger partial charge in [0, 0.05) is 12.6 Å². The zero-order valence-corrected chi connectivity index (χ0v) is 16.9. The second kappa shape index (κ2) is 5.77.